The molecule has 0 aliphatic carbocycles. The normalized spacial score (nSPS) is 19.1. The number of carbonyl (C=O) groups is 1. The molecule has 1 aromatic rings. The summed E-state index contributed by atoms with van der Waals surface area (Å²) in [7, 11) is -3.57. The van der Waals surface area contributed by atoms with Crippen LogP contribution in [0, 0.1) is 11.8 Å². The Kier molecular flexibility index (Phi) is 6.98. The standard InChI is InChI=1S/C18H29N3O3S/c1-14(2)12-15-5-7-17(8-6-15)25(23,24)21-11-3-4-16(13-21)18(22)20-10-9-19/h5-8,14,16H,3-4,9-13,19H2,1-2H3,(H,20,22). The number of nitrogens with zero attached hydrogens (tertiary/aromatic N) is 1. The maximum Gasteiger partial charge on any atom is 0.243 e. The number of sulfonamides is 1. The van der Waals surface area contributed by atoms with Crippen molar-refractivity contribution in [2.75, 3.05) is 26.2 Å². The van der Waals surface area contributed by atoms with Gasteiger partial charge in [0.25, 0.3) is 0 Å². The molecule has 25 heavy (non-hydrogen) atoms. The third kappa shape index (κ3) is 5.26. The predicted octanol–water partition coefficient (Wildman–Crippen LogP) is 1.36. The van der Waals surface area contributed by atoms with Gasteiger partial charge in [0.1, 0.15) is 0 Å². The number of hydrogen-bond donors (Lipinski definition) is 2. The molecule has 0 saturated carbocycles. The van der Waals surface area contributed by atoms with Gasteiger partial charge < -0.3 is 11.1 Å². The smallest absolute Gasteiger partial charge is 0.243 e. The van der Waals surface area contributed by atoms with E-state index in [-0.39, 0.29) is 18.4 Å². The van der Waals surface area contributed by atoms with Crippen molar-refractivity contribution in [2.45, 2.75) is 38.0 Å². The van der Waals surface area contributed by atoms with Crippen molar-refractivity contribution in [1.29, 1.82) is 0 Å². The van der Waals surface area contributed by atoms with Gasteiger partial charge in [-0.25, -0.2) is 8.42 Å². The lowest BCUT2D eigenvalue weighted by molar-refractivity contribution is -0.126. The molecule has 1 aliphatic rings. The average Bonchev–Trinajstić information content (AvgIpc) is 2.59. The monoisotopic (exact) mass is 367 g/mol. The summed E-state index contributed by atoms with van der Waals surface area (Å²) < 4.78 is 27.2. The van der Waals surface area contributed by atoms with Gasteiger partial charge in [0.05, 0.1) is 10.8 Å². The molecule has 1 unspecified atom stereocenters. The number of piperidine rings is 1. The number of hydrogen-bond acceptors (Lipinski definition) is 4. The highest BCUT2D eigenvalue weighted by molar-refractivity contribution is 7.89. The van der Waals surface area contributed by atoms with E-state index in [1.54, 1.807) is 12.1 Å². The Morgan fingerprint density at radius 2 is 2.00 bits per heavy atom. The van der Waals surface area contributed by atoms with E-state index in [2.05, 4.69) is 19.2 Å². The van der Waals surface area contributed by atoms with E-state index < -0.39 is 10.0 Å². The zero-order valence-corrected chi connectivity index (χ0v) is 15.9. The molecule has 3 N–H and O–H groups in total. The molecule has 0 bridgehead atoms. The molecule has 7 heteroatoms. The molecule has 6 nitrogen and oxygen atoms in total. The van der Waals surface area contributed by atoms with Crippen molar-refractivity contribution >= 4 is 15.9 Å². The summed E-state index contributed by atoms with van der Waals surface area (Å²) in [4.78, 5) is 12.4. The molecular weight excluding hydrogens is 338 g/mol. The van der Waals surface area contributed by atoms with E-state index in [1.165, 1.54) is 4.31 Å². The van der Waals surface area contributed by atoms with Crippen LogP contribution in [0.2, 0.25) is 0 Å². The molecule has 0 aromatic heterocycles. The van der Waals surface area contributed by atoms with Gasteiger partial charge >= 0.3 is 0 Å². The molecular formula is C18H29N3O3S. The van der Waals surface area contributed by atoms with Gasteiger partial charge in [-0.15, -0.1) is 0 Å². The van der Waals surface area contributed by atoms with Crippen LogP contribution in [0.5, 0.6) is 0 Å². The summed E-state index contributed by atoms with van der Waals surface area (Å²) in [6.07, 6.45) is 2.31. The van der Waals surface area contributed by atoms with Crippen LogP contribution in [-0.2, 0) is 21.2 Å². The molecule has 2 rings (SSSR count). The van der Waals surface area contributed by atoms with Crippen LogP contribution in [0.15, 0.2) is 29.2 Å². The minimum Gasteiger partial charge on any atom is -0.355 e. The number of benzene rings is 1. The summed E-state index contributed by atoms with van der Waals surface area (Å²) in [5.41, 5.74) is 6.53. The fraction of sp³-hybridized carbons (Fsp3) is 0.611. The first kappa shape index (κ1) is 19.9. The summed E-state index contributed by atoms with van der Waals surface area (Å²) in [5, 5.41) is 2.75. The predicted molar refractivity (Wildman–Crippen MR) is 98.5 cm³/mol. The van der Waals surface area contributed by atoms with Crippen molar-refractivity contribution in [3.8, 4) is 0 Å². The highest BCUT2D eigenvalue weighted by Gasteiger charge is 2.33. The second-order valence-corrected chi connectivity index (χ2v) is 8.96. The molecule has 1 heterocycles. The van der Waals surface area contributed by atoms with Crippen LogP contribution in [0.3, 0.4) is 0 Å². The number of carbonyl (C=O) groups excluding carboxylic acids is 1. The Morgan fingerprint density at radius 3 is 2.60 bits per heavy atom. The summed E-state index contributed by atoms with van der Waals surface area (Å²) in [5.74, 6) is 0.102. The molecule has 0 spiro atoms. The van der Waals surface area contributed by atoms with E-state index in [4.69, 9.17) is 5.73 Å². The molecule has 1 saturated heterocycles. The van der Waals surface area contributed by atoms with Crippen LogP contribution in [0.25, 0.3) is 0 Å². The number of nitrogens with one attached hydrogen (secondary N) is 1. The minimum absolute atomic E-state index is 0.113. The Morgan fingerprint density at radius 1 is 1.32 bits per heavy atom. The van der Waals surface area contributed by atoms with Gasteiger partial charge in [-0.1, -0.05) is 26.0 Å². The first-order valence-corrected chi connectivity index (χ1v) is 10.4. The van der Waals surface area contributed by atoms with Crippen molar-refractivity contribution in [1.82, 2.24) is 9.62 Å². The van der Waals surface area contributed by atoms with Crippen molar-refractivity contribution in [3.05, 3.63) is 29.8 Å². The van der Waals surface area contributed by atoms with E-state index in [0.717, 1.165) is 12.0 Å². The first-order valence-electron chi connectivity index (χ1n) is 8.91. The van der Waals surface area contributed by atoms with Gasteiger partial charge in [-0.2, -0.15) is 4.31 Å². The van der Waals surface area contributed by atoms with E-state index in [9.17, 15) is 13.2 Å². The highest BCUT2D eigenvalue weighted by Crippen LogP contribution is 2.24. The van der Waals surface area contributed by atoms with Gasteiger partial charge in [0.2, 0.25) is 15.9 Å². The lowest BCUT2D eigenvalue weighted by Gasteiger charge is -2.31. The molecule has 1 aliphatic heterocycles. The van der Waals surface area contributed by atoms with Crippen molar-refractivity contribution in [2.24, 2.45) is 17.6 Å². The summed E-state index contributed by atoms with van der Waals surface area (Å²) in [6.45, 7) is 5.74. The molecule has 1 fully saturated rings. The van der Waals surface area contributed by atoms with Crippen molar-refractivity contribution < 1.29 is 13.2 Å². The van der Waals surface area contributed by atoms with Gasteiger partial charge in [0, 0.05) is 26.2 Å². The zero-order chi connectivity index (χ0) is 18.4. The number of rotatable bonds is 7. The van der Waals surface area contributed by atoms with Crippen LogP contribution < -0.4 is 11.1 Å². The minimum atomic E-state index is -3.57. The Balaban J connectivity index is 2.09. The third-order valence-electron chi connectivity index (χ3n) is 4.40. The van der Waals surface area contributed by atoms with E-state index in [1.807, 2.05) is 12.1 Å². The topological polar surface area (TPSA) is 92.5 Å². The average molecular weight is 368 g/mol. The van der Waals surface area contributed by atoms with Gasteiger partial charge in [-0.3, -0.25) is 4.79 Å². The van der Waals surface area contributed by atoms with Crippen molar-refractivity contribution in [3.63, 3.8) is 0 Å². The summed E-state index contributed by atoms with van der Waals surface area (Å²) >= 11 is 0. The number of nitrogens with two attached hydrogens (primary N) is 1. The van der Waals surface area contributed by atoms with Crippen LogP contribution in [0.1, 0.15) is 32.3 Å². The Hall–Kier alpha value is -1.44. The second kappa shape index (κ2) is 8.78. The fourth-order valence-electron chi connectivity index (χ4n) is 3.13. The first-order chi connectivity index (χ1) is 11.8. The lowest BCUT2D eigenvalue weighted by Crippen LogP contribution is -2.46. The van der Waals surface area contributed by atoms with E-state index >= 15 is 0 Å². The quantitative estimate of drug-likeness (QED) is 0.761. The number of amides is 1. The molecule has 140 valence electrons. The van der Waals surface area contributed by atoms with Crippen LogP contribution in [0.4, 0.5) is 0 Å². The maximum absolute atomic E-state index is 12.9. The SMILES string of the molecule is CC(C)Cc1ccc(S(=O)(=O)N2CCCC(C(=O)NCCN)C2)cc1. The lowest BCUT2D eigenvalue weighted by atomic mass is 9.99. The highest BCUT2D eigenvalue weighted by atomic mass is 32.2. The maximum atomic E-state index is 12.9. The van der Waals surface area contributed by atoms with Crippen LogP contribution >= 0.6 is 0 Å². The van der Waals surface area contributed by atoms with Gasteiger partial charge in [-0.05, 0) is 42.9 Å². The Bertz CT molecular complexity index is 671. The Labute approximate surface area is 150 Å². The molecule has 1 atom stereocenters. The molecule has 0 radical (unpaired) electrons. The second-order valence-electron chi connectivity index (χ2n) is 7.02. The van der Waals surface area contributed by atoms with Crippen LogP contribution in [-0.4, -0.2) is 44.8 Å². The molecule has 1 aromatic carbocycles. The fourth-order valence-corrected chi connectivity index (χ4v) is 4.66. The third-order valence-corrected chi connectivity index (χ3v) is 6.28. The molecule has 1 amide bonds. The summed E-state index contributed by atoms with van der Waals surface area (Å²) in [6, 6.07) is 7.10. The zero-order valence-electron chi connectivity index (χ0n) is 15.1. The van der Waals surface area contributed by atoms with Gasteiger partial charge in [0.15, 0.2) is 0 Å². The van der Waals surface area contributed by atoms with E-state index in [0.29, 0.717) is 43.3 Å². The largest absolute Gasteiger partial charge is 0.355 e.